The number of nitrogens with two attached hydrogens (primary N) is 1. The average molecular weight is 262 g/mol. The summed E-state index contributed by atoms with van der Waals surface area (Å²) in [6.07, 6.45) is 0.973. The third-order valence-electron chi connectivity index (χ3n) is 3.65. The molecule has 2 N–H and O–H groups in total. The molecule has 0 aromatic heterocycles. The monoisotopic (exact) mass is 262 g/mol. The van der Waals surface area contributed by atoms with E-state index in [1.807, 2.05) is 0 Å². The number of hydrogen-bond acceptors (Lipinski definition) is 4. The Bertz CT molecular complexity index is 448. The van der Waals surface area contributed by atoms with Crippen molar-refractivity contribution >= 4 is 5.97 Å². The first-order valence-corrected chi connectivity index (χ1v) is 6.70. The predicted octanol–water partition coefficient (Wildman–Crippen LogP) is 1.28. The molecule has 2 unspecified atom stereocenters. The smallest absolute Gasteiger partial charge is 0.319 e. The van der Waals surface area contributed by atoms with Crippen molar-refractivity contribution in [3.63, 3.8) is 0 Å². The number of rotatable bonds is 3. The lowest BCUT2D eigenvalue weighted by molar-refractivity contribution is -0.142. The SMILES string of the molecule is COC(=O)CN1CC(N)CC(c2cccc(C)c2)C1. The fraction of sp³-hybridized carbons (Fsp3) is 0.533. The van der Waals surface area contributed by atoms with E-state index in [1.54, 1.807) is 0 Å². The van der Waals surface area contributed by atoms with Gasteiger partial charge in [-0.3, -0.25) is 9.69 Å². The van der Waals surface area contributed by atoms with E-state index >= 15 is 0 Å². The third-order valence-corrected chi connectivity index (χ3v) is 3.65. The van der Waals surface area contributed by atoms with Crippen molar-refractivity contribution in [3.8, 4) is 0 Å². The van der Waals surface area contributed by atoms with Gasteiger partial charge >= 0.3 is 5.97 Å². The Kier molecular flexibility index (Phi) is 4.56. The molecule has 0 bridgehead atoms. The van der Waals surface area contributed by atoms with Crippen LogP contribution in [0.3, 0.4) is 0 Å². The van der Waals surface area contributed by atoms with Gasteiger partial charge in [0.25, 0.3) is 0 Å². The summed E-state index contributed by atoms with van der Waals surface area (Å²) in [6.45, 7) is 4.05. The predicted molar refractivity (Wildman–Crippen MR) is 75.0 cm³/mol. The Balaban J connectivity index is 2.07. The largest absolute Gasteiger partial charge is 0.468 e. The second-order valence-corrected chi connectivity index (χ2v) is 5.38. The van der Waals surface area contributed by atoms with Gasteiger partial charge in [0.05, 0.1) is 13.7 Å². The van der Waals surface area contributed by atoms with Crippen LogP contribution in [0.4, 0.5) is 0 Å². The molecule has 19 heavy (non-hydrogen) atoms. The van der Waals surface area contributed by atoms with Crippen molar-refractivity contribution in [2.24, 2.45) is 5.73 Å². The third kappa shape index (κ3) is 3.78. The Morgan fingerprint density at radius 2 is 2.26 bits per heavy atom. The van der Waals surface area contributed by atoms with E-state index in [-0.39, 0.29) is 12.0 Å². The Morgan fingerprint density at radius 1 is 1.47 bits per heavy atom. The highest BCUT2D eigenvalue weighted by Gasteiger charge is 2.27. The zero-order valence-corrected chi connectivity index (χ0v) is 11.6. The number of methoxy groups -OCH3 is 1. The average Bonchev–Trinajstić information content (AvgIpc) is 2.38. The summed E-state index contributed by atoms with van der Waals surface area (Å²) in [5.74, 6) is 0.199. The first-order chi connectivity index (χ1) is 9.08. The van der Waals surface area contributed by atoms with Crippen molar-refractivity contribution < 1.29 is 9.53 Å². The van der Waals surface area contributed by atoms with Crippen LogP contribution in [0.5, 0.6) is 0 Å². The molecule has 2 atom stereocenters. The molecule has 1 aromatic carbocycles. The molecule has 1 aliphatic heterocycles. The van der Waals surface area contributed by atoms with Crippen molar-refractivity contribution in [2.75, 3.05) is 26.7 Å². The minimum Gasteiger partial charge on any atom is -0.468 e. The van der Waals surface area contributed by atoms with E-state index in [9.17, 15) is 4.79 Å². The number of nitrogens with zero attached hydrogens (tertiary/aromatic N) is 1. The van der Waals surface area contributed by atoms with E-state index in [4.69, 9.17) is 10.5 Å². The topological polar surface area (TPSA) is 55.6 Å². The molecular weight excluding hydrogens is 240 g/mol. The van der Waals surface area contributed by atoms with E-state index in [2.05, 4.69) is 36.1 Å². The van der Waals surface area contributed by atoms with Crippen LogP contribution in [0.1, 0.15) is 23.5 Å². The fourth-order valence-electron chi connectivity index (χ4n) is 2.77. The van der Waals surface area contributed by atoms with Gasteiger partial charge in [0.1, 0.15) is 0 Å². The van der Waals surface area contributed by atoms with Crippen LogP contribution >= 0.6 is 0 Å². The molecule has 1 aromatic rings. The maximum Gasteiger partial charge on any atom is 0.319 e. The Labute approximate surface area is 114 Å². The summed E-state index contributed by atoms with van der Waals surface area (Å²) < 4.78 is 4.73. The molecule has 104 valence electrons. The molecule has 0 saturated carbocycles. The lowest BCUT2D eigenvalue weighted by Gasteiger charge is -2.36. The quantitative estimate of drug-likeness (QED) is 0.834. The van der Waals surface area contributed by atoms with Gasteiger partial charge in [0.15, 0.2) is 0 Å². The second kappa shape index (κ2) is 6.17. The van der Waals surface area contributed by atoms with Crippen molar-refractivity contribution in [1.82, 2.24) is 4.90 Å². The highest BCUT2D eigenvalue weighted by Crippen LogP contribution is 2.26. The van der Waals surface area contributed by atoms with Crippen molar-refractivity contribution in [3.05, 3.63) is 35.4 Å². The van der Waals surface area contributed by atoms with Gasteiger partial charge in [-0.15, -0.1) is 0 Å². The second-order valence-electron chi connectivity index (χ2n) is 5.38. The highest BCUT2D eigenvalue weighted by atomic mass is 16.5. The van der Waals surface area contributed by atoms with Crippen LogP contribution in [-0.2, 0) is 9.53 Å². The van der Waals surface area contributed by atoms with Crippen LogP contribution in [0.2, 0.25) is 0 Å². The van der Waals surface area contributed by atoms with Crippen LogP contribution in [0.15, 0.2) is 24.3 Å². The number of carbonyl (C=O) groups is 1. The number of aryl methyl sites for hydroxylation is 1. The minimum atomic E-state index is -0.197. The zero-order valence-electron chi connectivity index (χ0n) is 11.6. The van der Waals surface area contributed by atoms with E-state index in [1.165, 1.54) is 18.2 Å². The molecule has 1 fully saturated rings. The molecule has 0 radical (unpaired) electrons. The number of ether oxygens (including phenoxy) is 1. The van der Waals surface area contributed by atoms with Crippen LogP contribution in [-0.4, -0.2) is 43.7 Å². The molecule has 1 heterocycles. The van der Waals surface area contributed by atoms with Crippen LogP contribution in [0.25, 0.3) is 0 Å². The first kappa shape index (κ1) is 14.0. The maximum atomic E-state index is 11.4. The molecule has 0 amide bonds. The molecule has 0 aliphatic carbocycles. The summed E-state index contributed by atoms with van der Waals surface area (Å²) in [4.78, 5) is 13.5. The summed E-state index contributed by atoms with van der Waals surface area (Å²) in [5.41, 5.74) is 8.68. The molecule has 4 heteroatoms. The van der Waals surface area contributed by atoms with Gasteiger partial charge in [-0.05, 0) is 24.8 Å². The van der Waals surface area contributed by atoms with Gasteiger partial charge in [0, 0.05) is 19.1 Å². The van der Waals surface area contributed by atoms with Gasteiger partial charge in [-0.25, -0.2) is 0 Å². The normalized spacial score (nSPS) is 24.2. The highest BCUT2D eigenvalue weighted by molar-refractivity contribution is 5.71. The lowest BCUT2D eigenvalue weighted by atomic mass is 9.88. The lowest BCUT2D eigenvalue weighted by Crippen LogP contribution is -2.48. The van der Waals surface area contributed by atoms with Crippen LogP contribution in [0, 0.1) is 6.92 Å². The number of hydrogen-bond donors (Lipinski definition) is 1. The number of piperidine rings is 1. The number of likely N-dealkylation sites (tertiary alicyclic amines) is 1. The number of carbonyl (C=O) groups excluding carboxylic acids is 1. The van der Waals surface area contributed by atoms with E-state index in [0.29, 0.717) is 12.5 Å². The van der Waals surface area contributed by atoms with Crippen LogP contribution < -0.4 is 5.73 Å². The molecule has 2 rings (SSSR count). The van der Waals surface area contributed by atoms with Crippen molar-refractivity contribution in [1.29, 1.82) is 0 Å². The number of benzene rings is 1. The van der Waals surface area contributed by atoms with Gasteiger partial charge in [-0.2, -0.15) is 0 Å². The maximum absolute atomic E-state index is 11.4. The minimum absolute atomic E-state index is 0.115. The standard InChI is InChI=1S/C15H22N2O2/c1-11-4-3-5-12(6-11)13-7-14(16)9-17(8-13)10-15(18)19-2/h3-6,13-14H,7-10,16H2,1-2H3. The molecule has 4 nitrogen and oxygen atoms in total. The van der Waals surface area contributed by atoms with Gasteiger partial charge < -0.3 is 10.5 Å². The molecule has 1 saturated heterocycles. The van der Waals surface area contributed by atoms with Gasteiger partial charge in [0.2, 0.25) is 0 Å². The summed E-state index contributed by atoms with van der Waals surface area (Å²) in [5, 5.41) is 0. The summed E-state index contributed by atoms with van der Waals surface area (Å²) in [7, 11) is 1.42. The molecule has 1 aliphatic rings. The molecular formula is C15H22N2O2. The fourth-order valence-corrected chi connectivity index (χ4v) is 2.77. The van der Waals surface area contributed by atoms with E-state index in [0.717, 1.165) is 19.5 Å². The summed E-state index contributed by atoms with van der Waals surface area (Å²) in [6, 6.07) is 8.64. The van der Waals surface area contributed by atoms with Crippen molar-refractivity contribution in [2.45, 2.75) is 25.3 Å². The Morgan fingerprint density at radius 3 is 2.95 bits per heavy atom. The van der Waals surface area contributed by atoms with Gasteiger partial charge in [-0.1, -0.05) is 29.8 Å². The molecule has 0 spiro atoms. The first-order valence-electron chi connectivity index (χ1n) is 6.70. The zero-order chi connectivity index (χ0) is 13.8. The Hall–Kier alpha value is -1.39. The summed E-state index contributed by atoms with van der Waals surface area (Å²) >= 11 is 0. The number of esters is 1. The van der Waals surface area contributed by atoms with E-state index < -0.39 is 0 Å².